The van der Waals surface area contributed by atoms with Crippen LogP contribution in [-0.4, -0.2) is 30.6 Å². The van der Waals surface area contributed by atoms with Gasteiger partial charge in [-0.2, -0.15) is 0 Å². The van der Waals surface area contributed by atoms with E-state index in [4.69, 9.17) is 5.73 Å². The molecule has 1 heterocycles. The van der Waals surface area contributed by atoms with Crippen LogP contribution < -0.4 is 5.73 Å². The van der Waals surface area contributed by atoms with Crippen LogP contribution in [0, 0.1) is 5.41 Å². The number of nitrogens with two attached hydrogens (primary N) is 1. The first-order valence-electron chi connectivity index (χ1n) is 6.53. The van der Waals surface area contributed by atoms with Crippen molar-refractivity contribution in [1.29, 1.82) is 0 Å². The van der Waals surface area contributed by atoms with Crippen LogP contribution in [0.15, 0.2) is 0 Å². The monoisotopic (exact) mass is 212 g/mol. The van der Waals surface area contributed by atoms with Crippen molar-refractivity contribution in [2.45, 2.75) is 58.9 Å². The van der Waals surface area contributed by atoms with E-state index in [2.05, 4.69) is 25.7 Å². The van der Waals surface area contributed by atoms with Gasteiger partial charge in [-0.15, -0.1) is 0 Å². The van der Waals surface area contributed by atoms with Crippen molar-refractivity contribution in [3.05, 3.63) is 0 Å². The molecule has 2 heteroatoms. The van der Waals surface area contributed by atoms with Crippen LogP contribution >= 0.6 is 0 Å². The molecule has 1 saturated heterocycles. The molecule has 15 heavy (non-hydrogen) atoms. The Morgan fingerprint density at radius 1 is 1.33 bits per heavy atom. The van der Waals surface area contributed by atoms with Gasteiger partial charge in [0.2, 0.25) is 0 Å². The van der Waals surface area contributed by atoms with Crippen LogP contribution in [0.4, 0.5) is 0 Å². The van der Waals surface area contributed by atoms with E-state index in [1.165, 1.54) is 45.2 Å². The Balaban J connectivity index is 2.35. The van der Waals surface area contributed by atoms with E-state index >= 15 is 0 Å². The average molecular weight is 212 g/mol. The fourth-order valence-corrected chi connectivity index (χ4v) is 2.37. The van der Waals surface area contributed by atoms with Gasteiger partial charge in [0.1, 0.15) is 0 Å². The number of rotatable bonds is 5. The molecular formula is C13H28N2. The fourth-order valence-electron chi connectivity index (χ4n) is 2.37. The smallest absolute Gasteiger partial charge is 0.00926 e. The molecule has 1 aliphatic rings. The molecule has 1 rings (SSSR count). The Labute approximate surface area is 95.2 Å². The number of hydrogen-bond acceptors (Lipinski definition) is 2. The summed E-state index contributed by atoms with van der Waals surface area (Å²) in [4.78, 5) is 2.68. The molecule has 0 saturated carbocycles. The summed E-state index contributed by atoms with van der Waals surface area (Å²) < 4.78 is 0. The summed E-state index contributed by atoms with van der Waals surface area (Å²) >= 11 is 0. The molecule has 0 amide bonds. The second-order valence-corrected chi connectivity index (χ2v) is 5.71. The Morgan fingerprint density at radius 3 is 2.67 bits per heavy atom. The van der Waals surface area contributed by atoms with Gasteiger partial charge in [0.05, 0.1) is 0 Å². The Hall–Kier alpha value is -0.0800. The van der Waals surface area contributed by atoms with E-state index in [9.17, 15) is 0 Å². The zero-order valence-corrected chi connectivity index (χ0v) is 10.8. The van der Waals surface area contributed by atoms with Crippen molar-refractivity contribution in [2.24, 2.45) is 11.1 Å². The summed E-state index contributed by atoms with van der Waals surface area (Å²) in [5, 5.41) is 0. The highest BCUT2D eigenvalue weighted by molar-refractivity contribution is 4.78. The summed E-state index contributed by atoms with van der Waals surface area (Å²) in [6.45, 7) is 10.2. The predicted molar refractivity (Wildman–Crippen MR) is 67.0 cm³/mol. The van der Waals surface area contributed by atoms with Gasteiger partial charge in [0, 0.05) is 6.04 Å². The van der Waals surface area contributed by atoms with E-state index < -0.39 is 0 Å². The second-order valence-electron chi connectivity index (χ2n) is 5.71. The molecule has 2 N–H and O–H groups in total. The highest BCUT2D eigenvalue weighted by Crippen LogP contribution is 2.24. The van der Waals surface area contributed by atoms with Crippen molar-refractivity contribution in [1.82, 2.24) is 4.90 Å². The molecule has 2 nitrogen and oxygen atoms in total. The van der Waals surface area contributed by atoms with Crippen molar-refractivity contribution in [3.8, 4) is 0 Å². The van der Waals surface area contributed by atoms with E-state index in [-0.39, 0.29) is 0 Å². The van der Waals surface area contributed by atoms with Crippen molar-refractivity contribution >= 4 is 0 Å². The molecule has 0 aromatic heterocycles. The van der Waals surface area contributed by atoms with Crippen molar-refractivity contribution in [2.75, 3.05) is 19.6 Å². The molecule has 0 bridgehead atoms. The molecule has 0 radical (unpaired) electrons. The van der Waals surface area contributed by atoms with Crippen LogP contribution in [0.1, 0.15) is 52.9 Å². The summed E-state index contributed by atoms with van der Waals surface area (Å²) in [6, 6.07) is 0.840. The minimum absolute atomic E-state index is 0.315. The molecule has 0 aromatic rings. The van der Waals surface area contributed by atoms with E-state index in [1.54, 1.807) is 0 Å². The highest BCUT2D eigenvalue weighted by Gasteiger charge is 2.23. The topological polar surface area (TPSA) is 29.3 Å². The molecule has 0 aliphatic carbocycles. The van der Waals surface area contributed by atoms with Gasteiger partial charge in [-0.3, -0.25) is 0 Å². The minimum atomic E-state index is 0.315. The molecule has 0 aromatic carbocycles. The fraction of sp³-hybridized carbons (Fsp3) is 1.00. The quantitative estimate of drug-likeness (QED) is 0.759. The SMILES string of the molecule is CCC1CCCCN1CCC(C)(C)CN. The lowest BCUT2D eigenvalue weighted by Crippen LogP contribution is -2.41. The second kappa shape index (κ2) is 5.86. The molecule has 1 atom stereocenters. The lowest BCUT2D eigenvalue weighted by Gasteiger charge is -2.37. The molecule has 1 unspecified atom stereocenters. The third kappa shape index (κ3) is 4.12. The summed E-state index contributed by atoms with van der Waals surface area (Å²) in [6.07, 6.45) is 6.76. The zero-order chi connectivity index (χ0) is 11.3. The summed E-state index contributed by atoms with van der Waals surface area (Å²) in [7, 11) is 0. The summed E-state index contributed by atoms with van der Waals surface area (Å²) in [5.41, 5.74) is 6.09. The zero-order valence-electron chi connectivity index (χ0n) is 10.8. The van der Waals surface area contributed by atoms with Gasteiger partial charge >= 0.3 is 0 Å². The first kappa shape index (κ1) is 13.0. The largest absolute Gasteiger partial charge is 0.330 e. The highest BCUT2D eigenvalue weighted by atomic mass is 15.2. The van der Waals surface area contributed by atoms with Gasteiger partial charge in [-0.05, 0) is 50.7 Å². The Morgan fingerprint density at radius 2 is 2.07 bits per heavy atom. The number of piperidine rings is 1. The maximum Gasteiger partial charge on any atom is 0.00926 e. The average Bonchev–Trinajstić information content (AvgIpc) is 2.27. The van der Waals surface area contributed by atoms with Gasteiger partial charge in [0.25, 0.3) is 0 Å². The van der Waals surface area contributed by atoms with E-state index in [0.29, 0.717) is 5.41 Å². The van der Waals surface area contributed by atoms with Crippen LogP contribution in [0.3, 0.4) is 0 Å². The number of likely N-dealkylation sites (tertiary alicyclic amines) is 1. The predicted octanol–water partition coefficient (Wildman–Crippen LogP) is 2.63. The standard InChI is InChI=1S/C13H28N2/c1-4-12-7-5-6-9-15(12)10-8-13(2,3)11-14/h12H,4-11,14H2,1-3H3. The maximum atomic E-state index is 5.77. The van der Waals surface area contributed by atoms with Gasteiger partial charge in [0.15, 0.2) is 0 Å². The first-order valence-corrected chi connectivity index (χ1v) is 6.53. The molecule has 0 spiro atoms. The number of nitrogens with zero attached hydrogens (tertiary/aromatic N) is 1. The summed E-state index contributed by atoms with van der Waals surface area (Å²) in [5.74, 6) is 0. The normalized spacial score (nSPS) is 24.4. The van der Waals surface area contributed by atoms with Gasteiger partial charge < -0.3 is 10.6 Å². The first-order chi connectivity index (χ1) is 7.09. The van der Waals surface area contributed by atoms with E-state index in [0.717, 1.165) is 12.6 Å². The van der Waals surface area contributed by atoms with Crippen LogP contribution in [-0.2, 0) is 0 Å². The Bertz CT molecular complexity index is 177. The Kier molecular flexibility index (Phi) is 5.07. The van der Waals surface area contributed by atoms with Crippen molar-refractivity contribution < 1.29 is 0 Å². The van der Waals surface area contributed by atoms with Gasteiger partial charge in [-0.1, -0.05) is 27.2 Å². The van der Waals surface area contributed by atoms with Crippen LogP contribution in [0.2, 0.25) is 0 Å². The molecule has 90 valence electrons. The van der Waals surface area contributed by atoms with Gasteiger partial charge in [-0.25, -0.2) is 0 Å². The lowest BCUT2D eigenvalue weighted by atomic mass is 9.88. The third-order valence-corrected chi connectivity index (χ3v) is 3.85. The number of hydrogen-bond donors (Lipinski definition) is 1. The van der Waals surface area contributed by atoms with E-state index in [1.807, 2.05) is 0 Å². The minimum Gasteiger partial charge on any atom is -0.330 e. The molecular weight excluding hydrogens is 184 g/mol. The maximum absolute atomic E-state index is 5.77. The van der Waals surface area contributed by atoms with Crippen molar-refractivity contribution in [3.63, 3.8) is 0 Å². The third-order valence-electron chi connectivity index (χ3n) is 3.85. The molecule has 1 aliphatic heterocycles. The molecule has 1 fully saturated rings. The van der Waals surface area contributed by atoms with Crippen LogP contribution in [0.25, 0.3) is 0 Å². The lowest BCUT2D eigenvalue weighted by molar-refractivity contribution is 0.124. The van der Waals surface area contributed by atoms with Crippen LogP contribution in [0.5, 0.6) is 0 Å².